The summed E-state index contributed by atoms with van der Waals surface area (Å²) in [6, 6.07) is 24.1. The molecular weight excluding hydrogens is 358 g/mol. The highest BCUT2D eigenvalue weighted by atomic mass is 16.2. The lowest BCUT2D eigenvalue weighted by atomic mass is 10.1. The normalized spacial score (nSPS) is 10.8. The number of benzene rings is 3. The van der Waals surface area contributed by atoms with Crippen molar-refractivity contribution in [2.45, 2.75) is 26.7 Å². The number of aromatic nitrogens is 1. The average molecular weight is 383 g/mol. The molecule has 0 atom stereocenters. The lowest BCUT2D eigenvalue weighted by Gasteiger charge is -2.10. The van der Waals surface area contributed by atoms with Crippen LogP contribution in [-0.4, -0.2) is 11.0 Å². The van der Waals surface area contributed by atoms with Crippen molar-refractivity contribution in [2.75, 3.05) is 10.6 Å². The second-order valence-electron chi connectivity index (χ2n) is 7.10. The number of hydrogen-bond acceptors (Lipinski definition) is 1. The summed E-state index contributed by atoms with van der Waals surface area (Å²) >= 11 is 0. The monoisotopic (exact) mass is 383 g/mol. The van der Waals surface area contributed by atoms with Crippen molar-refractivity contribution in [3.63, 3.8) is 0 Å². The van der Waals surface area contributed by atoms with E-state index in [1.165, 1.54) is 11.1 Å². The first-order valence-electron chi connectivity index (χ1n) is 10.0. The van der Waals surface area contributed by atoms with Crippen LogP contribution in [0.5, 0.6) is 0 Å². The summed E-state index contributed by atoms with van der Waals surface area (Å²) in [6.45, 7) is 4.25. The first-order chi connectivity index (χ1) is 14.2. The Morgan fingerprint density at radius 1 is 0.793 bits per heavy atom. The van der Waals surface area contributed by atoms with Gasteiger partial charge in [0.15, 0.2) is 0 Å². The van der Waals surface area contributed by atoms with Gasteiger partial charge in [0.1, 0.15) is 0 Å². The van der Waals surface area contributed by atoms with E-state index < -0.39 is 0 Å². The fourth-order valence-electron chi connectivity index (χ4n) is 3.50. The van der Waals surface area contributed by atoms with Gasteiger partial charge in [-0.3, -0.25) is 0 Å². The minimum absolute atomic E-state index is 0.259. The van der Waals surface area contributed by atoms with Crippen LogP contribution in [0.25, 0.3) is 22.2 Å². The van der Waals surface area contributed by atoms with Gasteiger partial charge in [-0.15, -0.1) is 0 Å². The molecule has 4 rings (SSSR count). The Labute approximate surface area is 171 Å². The van der Waals surface area contributed by atoms with Crippen molar-refractivity contribution in [2.24, 2.45) is 0 Å². The van der Waals surface area contributed by atoms with Gasteiger partial charge < -0.3 is 15.6 Å². The molecule has 0 fully saturated rings. The average Bonchev–Trinajstić information content (AvgIpc) is 3.12. The molecule has 1 heterocycles. The largest absolute Gasteiger partial charge is 0.353 e. The summed E-state index contributed by atoms with van der Waals surface area (Å²) < 4.78 is 0. The zero-order chi connectivity index (χ0) is 20.2. The lowest BCUT2D eigenvalue weighted by molar-refractivity contribution is 0.262. The van der Waals surface area contributed by atoms with Crippen LogP contribution in [0.2, 0.25) is 0 Å². The van der Waals surface area contributed by atoms with Crippen molar-refractivity contribution in [1.29, 1.82) is 0 Å². The minimum Gasteiger partial charge on any atom is -0.353 e. The number of para-hydroxylation sites is 1. The molecule has 0 aliphatic heterocycles. The van der Waals surface area contributed by atoms with Gasteiger partial charge in [-0.05, 0) is 42.2 Å². The first-order valence-corrected chi connectivity index (χ1v) is 10.0. The fourth-order valence-corrected chi connectivity index (χ4v) is 3.50. The van der Waals surface area contributed by atoms with Crippen molar-refractivity contribution >= 4 is 28.3 Å². The predicted octanol–water partition coefficient (Wildman–Crippen LogP) is 6.60. The van der Waals surface area contributed by atoms with E-state index in [0.29, 0.717) is 0 Å². The van der Waals surface area contributed by atoms with Crippen LogP contribution in [-0.2, 0) is 12.8 Å². The number of aryl methyl sites for hydroxylation is 2. The molecule has 0 saturated heterocycles. The summed E-state index contributed by atoms with van der Waals surface area (Å²) in [5.41, 5.74) is 7.02. The summed E-state index contributed by atoms with van der Waals surface area (Å²) in [6.07, 6.45) is 1.97. The smallest absolute Gasteiger partial charge is 0.323 e. The highest BCUT2D eigenvalue weighted by Gasteiger charge is 2.15. The van der Waals surface area contributed by atoms with E-state index in [2.05, 4.69) is 53.7 Å². The molecule has 0 bridgehead atoms. The third kappa shape index (κ3) is 4.02. The zero-order valence-corrected chi connectivity index (χ0v) is 16.8. The number of nitrogens with one attached hydrogen (secondary N) is 3. The summed E-state index contributed by atoms with van der Waals surface area (Å²) in [5, 5.41) is 6.97. The molecule has 4 nitrogen and oxygen atoms in total. The molecule has 0 aliphatic rings. The van der Waals surface area contributed by atoms with Crippen LogP contribution in [0.1, 0.15) is 25.0 Å². The summed E-state index contributed by atoms with van der Waals surface area (Å²) in [5.74, 6) is 0. The number of hydrogen-bond donors (Lipinski definition) is 3. The SMILES string of the molecule is CCc1ccc(NC(=O)Nc2c(-c3ccc(CC)cc3)[nH]c3ccccc23)cc1. The molecule has 4 heteroatoms. The van der Waals surface area contributed by atoms with Crippen LogP contribution >= 0.6 is 0 Å². The fraction of sp³-hybridized carbons (Fsp3) is 0.160. The van der Waals surface area contributed by atoms with Gasteiger partial charge in [-0.2, -0.15) is 0 Å². The molecule has 0 spiro atoms. The highest BCUT2D eigenvalue weighted by molar-refractivity contribution is 6.10. The first kappa shape index (κ1) is 18.8. The van der Waals surface area contributed by atoms with Gasteiger partial charge in [0.05, 0.1) is 11.4 Å². The van der Waals surface area contributed by atoms with E-state index in [1.807, 2.05) is 48.5 Å². The van der Waals surface area contributed by atoms with Crippen LogP contribution in [0.15, 0.2) is 72.8 Å². The quantitative estimate of drug-likeness (QED) is 0.357. The van der Waals surface area contributed by atoms with E-state index in [-0.39, 0.29) is 6.03 Å². The molecule has 3 aromatic carbocycles. The number of carbonyl (C=O) groups is 1. The Balaban J connectivity index is 1.65. The van der Waals surface area contributed by atoms with Gasteiger partial charge in [0, 0.05) is 22.2 Å². The standard InChI is InChI=1S/C25H25N3O/c1-3-17-9-13-19(14-10-17)23-24(21-7-5-6-8-22(21)27-23)28-25(29)26-20-15-11-18(4-2)12-16-20/h5-16,27H,3-4H2,1-2H3,(H2,26,28,29). The maximum Gasteiger partial charge on any atom is 0.323 e. The van der Waals surface area contributed by atoms with Crippen molar-refractivity contribution in [3.8, 4) is 11.3 Å². The van der Waals surface area contributed by atoms with Crippen molar-refractivity contribution < 1.29 is 4.79 Å². The number of aromatic amines is 1. The number of H-pyrrole nitrogens is 1. The van der Waals surface area contributed by atoms with E-state index in [1.54, 1.807) is 0 Å². The van der Waals surface area contributed by atoms with Crippen molar-refractivity contribution in [3.05, 3.63) is 83.9 Å². The highest BCUT2D eigenvalue weighted by Crippen LogP contribution is 2.35. The Morgan fingerprint density at radius 2 is 1.41 bits per heavy atom. The molecule has 29 heavy (non-hydrogen) atoms. The number of fused-ring (bicyclic) bond motifs is 1. The molecule has 2 amide bonds. The number of anilines is 2. The molecule has 1 aromatic heterocycles. The molecule has 146 valence electrons. The van der Waals surface area contributed by atoms with Gasteiger partial charge in [0.2, 0.25) is 0 Å². The topological polar surface area (TPSA) is 56.9 Å². The Hall–Kier alpha value is -3.53. The maximum absolute atomic E-state index is 12.7. The Morgan fingerprint density at radius 3 is 2.07 bits per heavy atom. The number of amides is 2. The maximum atomic E-state index is 12.7. The molecule has 0 unspecified atom stereocenters. The van der Waals surface area contributed by atoms with E-state index >= 15 is 0 Å². The Kier molecular flexibility index (Phi) is 5.34. The predicted molar refractivity (Wildman–Crippen MR) is 122 cm³/mol. The van der Waals surface area contributed by atoms with Gasteiger partial charge in [-0.25, -0.2) is 4.79 Å². The Bertz CT molecular complexity index is 1130. The lowest BCUT2D eigenvalue weighted by Crippen LogP contribution is -2.19. The number of carbonyl (C=O) groups excluding carboxylic acids is 1. The van der Waals surface area contributed by atoms with Gasteiger partial charge in [-0.1, -0.05) is 68.4 Å². The van der Waals surface area contributed by atoms with Crippen LogP contribution in [0.3, 0.4) is 0 Å². The van der Waals surface area contributed by atoms with Crippen LogP contribution in [0.4, 0.5) is 16.2 Å². The summed E-state index contributed by atoms with van der Waals surface area (Å²) in [7, 11) is 0. The van der Waals surface area contributed by atoms with E-state index in [9.17, 15) is 4.79 Å². The van der Waals surface area contributed by atoms with E-state index in [4.69, 9.17) is 0 Å². The molecular formula is C25H25N3O. The minimum atomic E-state index is -0.259. The van der Waals surface area contributed by atoms with Crippen molar-refractivity contribution in [1.82, 2.24) is 4.98 Å². The van der Waals surface area contributed by atoms with Crippen LogP contribution in [0, 0.1) is 0 Å². The second-order valence-corrected chi connectivity index (χ2v) is 7.10. The third-order valence-corrected chi connectivity index (χ3v) is 5.22. The second kappa shape index (κ2) is 8.23. The molecule has 0 saturated carbocycles. The zero-order valence-electron chi connectivity index (χ0n) is 16.8. The molecule has 0 radical (unpaired) electrons. The third-order valence-electron chi connectivity index (χ3n) is 5.22. The molecule has 3 N–H and O–H groups in total. The van der Waals surface area contributed by atoms with Crippen LogP contribution < -0.4 is 10.6 Å². The van der Waals surface area contributed by atoms with Gasteiger partial charge >= 0.3 is 6.03 Å². The number of urea groups is 1. The van der Waals surface area contributed by atoms with E-state index in [0.717, 1.165) is 46.4 Å². The summed E-state index contributed by atoms with van der Waals surface area (Å²) in [4.78, 5) is 16.2. The molecule has 4 aromatic rings. The molecule has 0 aliphatic carbocycles. The van der Waals surface area contributed by atoms with Gasteiger partial charge in [0.25, 0.3) is 0 Å². The number of rotatable bonds is 5.